The van der Waals surface area contributed by atoms with Crippen LogP contribution in [0.3, 0.4) is 0 Å². The SMILES string of the molecule is Cc1cc2nc3c(=O)[nH]c(=O)nc-3n(CC(O)C(O)C(O)COS(=O)(=O)O)c2cc1C. The Bertz CT molecular complexity index is 1320. The van der Waals surface area contributed by atoms with Crippen LogP contribution >= 0.6 is 0 Å². The van der Waals surface area contributed by atoms with Gasteiger partial charge < -0.3 is 19.9 Å². The molecule has 0 fully saturated rings. The van der Waals surface area contributed by atoms with Crippen LogP contribution in [-0.4, -0.2) is 72.7 Å². The fourth-order valence-corrected chi connectivity index (χ4v) is 3.35. The fraction of sp³-hybridized carbons (Fsp3) is 0.412. The molecule has 5 N–H and O–H groups in total. The largest absolute Gasteiger partial charge is 0.397 e. The summed E-state index contributed by atoms with van der Waals surface area (Å²) in [5.41, 5.74) is 0.558. The molecule has 14 heteroatoms. The molecule has 1 aromatic carbocycles. The van der Waals surface area contributed by atoms with Gasteiger partial charge in [-0.1, -0.05) is 0 Å². The van der Waals surface area contributed by atoms with E-state index in [0.717, 1.165) is 11.1 Å². The van der Waals surface area contributed by atoms with Crippen LogP contribution in [-0.2, 0) is 21.1 Å². The maximum atomic E-state index is 12.2. The van der Waals surface area contributed by atoms with Crippen molar-refractivity contribution in [3.05, 3.63) is 44.1 Å². The van der Waals surface area contributed by atoms with E-state index in [2.05, 4.69) is 14.2 Å². The Morgan fingerprint density at radius 3 is 2.39 bits per heavy atom. The summed E-state index contributed by atoms with van der Waals surface area (Å²) in [7, 11) is -4.86. The molecule has 2 aliphatic heterocycles. The minimum Gasteiger partial charge on any atom is -0.388 e. The second-order valence-electron chi connectivity index (χ2n) is 7.03. The Balaban J connectivity index is 2.07. The lowest BCUT2D eigenvalue weighted by atomic mass is 10.1. The van der Waals surface area contributed by atoms with Crippen molar-refractivity contribution in [2.45, 2.75) is 38.7 Å². The predicted octanol–water partition coefficient (Wildman–Crippen LogP) is -1.90. The van der Waals surface area contributed by atoms with Gasteiger partial charge in [-0.3, -0.25) is 14.3 Å². The summed E-state index contributed by atoms with van der Waals surface area (Å²) in [5, 5.41) is 30.5. The molecule has 13 nitrogen and oxygen atoms in total. The van der Waals surface area contributed by atoms with Crippen molar-refractivity contribution in [1.82, 2.24) is 19.5 Å². The summed E-state index contributed by atoms with van der Waals surface area (Å²) in [4.78, 5) is 34.0. The monoisotopic (exact) mass is 456 g/mol. The van der Waals surface area contributed by atoms with E-state index < -0.39 is 53.1 Å². The molecule has 0 saturated heterocycles. The summed E-state index contributed by atoms with van der Waals surface area (Å²) in [6.07, 6.45) is -5.50. The summed E-state index contributed by atoms with van der Waals surface area (Å²) >= 11 is 0. The van der Waals surface area contributed by atoms with Crippen LogP contribution in [0, 0.1) is 13.8 Å². The van der Waals surface area contributed by atoms with Crippen molar-refractivity contribution in [2.75, 3.05) is 6.61 Å². The third-order valence-corrected chi connectivity index (χ3v) is 5.20. The van der Waals surface area contributed by atoms with E-state index in [1.54, 1.807) is 12.1 Å². The number of hydrogen-bond acceptors (Lipinski definition) is 10. The number of aromatic nitrogens is 4. The van der Waals surface area contributed by atoms with Crippen LogP contribution in [0.4, 0.5) is 0 Å². The lowest BCUT2D eigenvalue weighted by molar-refractivity contribution is -0.0771. The molecule has 168 valence electrons. The Labute approximate surface area is 174 Å². The zero-order valence-corrected chi connectivity index (χ0v) is 17.2. The van der Waals surface area contributed by atoms with E-state index in [-0.39, 0.29) is 11.5 Å². The zero-order valence-electron chi connectivity index (χ0n) is 16.4. The highest BCUT2D eigenvalue weighted by Gasteiger charge is 2.29. The summed E-state index contributed by atoms with van der Waals surface area (Å²) < 4.78 is 35.1. The summed E-state index contributed by atoms with van der Waals surface area (Å²) in [5.74, 6) is -0.153. The summed E-state index contributed by atoms with van der Waals surface area (Å²) in [6.45, 7) is 2.19. The Morgan fingerprint density at radius 2 is 1.74 bits per heavy atom. The third-order valence-electron chi connectivity index (χ3n) is 4.77. The molecule has 31 heavy (non-hydrogen) atoms. The van der Waals surface area contributed by atoms with Crippen molar-refractivity contribution >= 4 is 21.4 Å². The number of H-pyrrole nitrogens is 1. The standard InChI is InChI=1S/C17H20N4O9S/c1-7-3-9-10(4-8(7)2)21(15-13(18-9)16(25)20-17(26)19-15)5-11(22)14(24)12(23)6-30-31(27,28)29/h3-4,11-12,14,22-24H,5-6H2,1-2H3,(H,20,25,26)(H,27,28,29). The zero-order chi connectivity index (χ0) is 23.1. The number of nitrogens with zero attached hydrogens (tertiary/aromatic N) is 3. The number of benzene rings is 1. The molecule has 3 atom stereocenters. The van der Waals surface area contributed by atoms with Crippen LogP contribution in [0.25, 0.3) is 22.6 Å². The number of aliphatic hydroxyl groups excluding tert-OH is 3. The molecule has 2 heterocycles. The molecule has 0 radical (unpaired) electrons. The van der Waals surface area contributed by atoms with Crippen molar-refractivity contribution in [3.8, 4) is 11.5 Å². The Hall–Kier alpha value is -2.75. The van der Waals surface area contributed by atoms with E-state index in [0.29, 0.717) is 11.0 Å². The number of fused-ring (bicyclic) bond motifs is 2. The first kappa shape index (κ1) is 22.9. The molecule has 3 rings (SSSR count). The molecule has 0 spiro atoms. The number of hydrogen-bond donors (Lipinski definition) is 5. The lowest BCUT2D eigenvalue weighted by Gasteiger charge is -2.25. The van der Waals surface area contributed by atoms with Crippen LogP contribution in [0.15, 0.2) is 21.7 Å². The Kier molecular flexibility index (Phi) is 6.22. The first-order chi connectivity index (χ1) is 14.4. The highest BCUT2D eigenvalue weighted by molar-refractivity contribution is 7.80. The van der Waals surface area contributed by atoms with Gasteiger partial charge in [-0.15, -0.1) is 0 Å². The van der Waals surface area contributed by atoms with Gasteiger partial charge in [-0.25, -0.2) is 14.0 Å². The van der Waals surface area contributed by atoms with E-state index in [1.807, 2.05) is 18.8 Å². The minimum absolute atomic E-state index is 0.153. The van der Waals surface area contributed by atoms with E-state index in [1.165, 1.54) is 4.57 Å². The molecule has 0 amide bonds. The molecule has 0 aliphatic carbocycles. The number of aliphatic hydroxyl groups is 3. The average Bonchev–Trinajstić information content (AvgIpc) is 2.67. The van der Waals surface area contributed by atoms with Crippen LogP contribution in [0.5, 0.6) is 0 Å². The average molecular weight is 456 g/mol. The normalized spacial score (nSPS) is 15.3. The second-order valence-corrected chi connectivity index (χ2v) is 8.12. The number of nitrogens with one attached hydrogen (secondary N) is 1. The van der Waals surface area contributed by atoms with Gasteiger partial charge in [-0.2, -0.15) is 13.4 Å². The molecule has 0 saturated carbocycles. The number of rotatable bonds is 7. The molecule has 2 aliphatic rings. The molecule has 0 bridgehead atoms. The quantitative estimate of drug-likeness (QED) is 0.196. The minimum atomic E-state index is -4.86. The molecule has 0 aromatic heterocycles. The lowest BCUT2D eigenvalue weighted by Crippen LogP contribution is -2.43. The van der Waals surface area contributed by atoms with Crippen LogP contribution < -0.4 is 11.2 Å². The van der Waals surface area contributed by atoms with Gasteiger partial charge in [0.1, 0.15) is 18.3 Å². The maximum absolute atomic E-state index is 12.2. The maximum Gasteiger partial charge on any atom is 0.397 e. The highest BCUT2D eigenvalue weighted by atomic mass is 32.3. The van der Waals surface area contributed by atoms with Gasteiger partial charge in [-0.05, 0) is 37.1 Å². The van der Waals surface area contributed by atoms with Gasteiger partial charge in [0.05, 0.1) is 24.2 Å². The molecule has 3 unspecified atom stereocenters. The fourth-order valence-electron chi connectivity index (χ4n) is 3.04. The van der Waals surface area contributed by atoms with Crippen molar-refractivity contribution in [2.24, 2.45) is 0 Å². The highest BCUT2D eigenvalue weighted by Crippen LogP contribution is 2.24. The van der Waals surface area contributed by atoms with Crippen molar-refractivity contribution < 1.29 is 32.5 Å². The molecular formula is C17H20N4O9S. The van der Waals surface area contributed by atoms with Crippen LogP contribution in [0.1, 0.15) is 11.1 Å². The van der Waals surface area contributed by atoms with E-state index in [9.17, 15) is 33.3 Å². The van der Waals surface area contributed by atoms with Gasteiger partial charge in [0.15, 0.2) is 11.5 Å². The van der Waals surface area contributed by atoms with Gasteiger partial charge in [0.25, 0.3) is 5.56 Å². The van der Waals surface area contributed by atoms with E-state index >= 15 is 0 Å². The van der Waals surface area contributed by atoms with Gasteiger partial charge in [0, 0.05) is 0 Å². The van der Waals surface area contributed by atoms with Gasteiger partial charge >= 0.3 is 16.1 Å². The van der Waals surface area contributed by atoms with Crippen molar-refractivity contribution in [1.29, 1.82) is 0 Å². The van der Waals surface area contributed by atoms with Gasteiger partial charge in [0.2, 0.25) is 0 Å². The second kappa shape index (κ2) is 8.41. The first-order valence-corrected chi connectivity index (χ1v) is 10.3. The number of aromatic amines is 1. The van der Waals surface area contributed by atoms with Crippen LogP contribution in [0.2, 0.25) is 0 Å². The molecule has 1 aromatic rings. The van der Waals surface area contributed by atoms with Crippen molar-refractivity contribution in [3.63, 3.8) is 0 Å². The number of aryl methyl sites for hydroxylation is 2. The molecular weight excluding hydrogens is 436 g/mol. The first-order valence-electron chi connectivity index (χ1n) is 8.95. The smallest absolute Gasteiger partial charge is 0.388 e. The van der Waals surface area contributed by atoms with E-state index in [4.69, 9.17) is 4.55 Å². The topological polar surface area (TPSA) is 205 Å². The Morgan fingerprint density at radius 1 is 1.10 bits per heavy atom. The third kappa shape index (κ3) is 4.95. The summed E-state index contributed by atoms with van der Waals surface area (Å²) in [6, 6.07) is 3.39. The predicted molar refractivity (Wildman–Crippen MR) is 106 cm³/mol.